The molecule has 1 aromatic heterocycles. The van der Waals surface area contributed by atoms with E-state index in [1.54, 1.807) is 25.3 Å². The van der Waals surface area contributed by atoms with Crippen LogP contribution < -0.4 is 10.2 Å². The Kier molecular flexibility index (Phi) is 5.48. The van der Waals surface area contributed by atoms with Crippen LogP contribution in [0, 0.1) is 6.92 Å². The van der Waals surface area contributed by atoms with Gasteiger partial charge in [0.25, 0.3) is 0 Å². The Labute approximate surface area is 132 Å². The number of rotatable bonds is 6. The molecule has 0 aliphatic heterocycles. The summed E-state index contributed by atoms with van der Waals surface area (Å²) in [5, 5.41) is 6.82. The zero-order valence-corrected chi connectivity index (χ0v) is 13.4. The molecule has 1 N–H and O–H groups in total. The molecule has 1 heterocycles. The third kappa shape index (κ3) is 4.56. The largest absolute Gasteiger partial charge is 0.479 e. The first-order valence-electron chi connectivity index (χ1n) is 6.64. The first kappa shape index (κ1) is 16.0. The van der Waals surface area contributed by atoms with Crippen molar-refractivity contribution in [2.45, 2.75) is 20.0 Å². The number of thiazole rings is 1. The molecular formula is C15H17N3O3S. The highest BCUT2D eigenvalue weighted by Gasteiger charge is 2.14. The van der Waals surface area contributed by atoms with Crippen molar-refractivity contribution in [2.24, 2.45) is 5.10 Å². The fourth-order valence-corrected chi connectivity index (χ4v) is 2.26. The fraction of sp³-hybridized carbons (Fsp3) is 0.267. The number of hydrogen-bond donors (Lipinski definition) is 1. The van der Waals surface area contributed by atoms with E-state index in [-0.39, 0.29) is 0 Å². The number of ether oxygens (including phenoxy) is 2. The molecule has 2 aromatic rings. The normalized spacial score (nSPS) is 12.1. The molecule has 0 radical (unpaired) electrons. The van der Waals surface area contributed by atoms with E-state index in [0.717, 1.165) is 16.4 Å². The molecule has 0 aliphatic carbocycles. The number of esters is 1. The van der Waals surface area contributed by atoms with Crippen LogP contribution in [0.15, 0.2) is 34.7 Å². The lowest BCUT2D eigenvalue weighted by atomic mass is 10.2. The van der Waals surface area contributed by atoms with Crippen LogP contribution in [0.2, 0.25) is 0 Å². The van der Waals surface area contributed by atoms with E-state index < -0.39 is 12.1 Å². The summed E-state index contributed by atoms with van der Waals surface area (Å²) in [4.78, 5) is 15.5. The Hall–Kier alpha value is -2.41. The molecule has 0 saturated carbocycles. The highest BCUT2D eigenvalue weighted by Crippen LogP contribution is 2.15. The second-order valence-electron chi connectivity index (χ2n) is 4.52. The monoisotopic (exact) mass is 319 g/mol. The number of hydrogen-bond acceptors (Lipinski definition) is 7. The van der Waals surface area contributed by atoms with E-state index in [0.29, 0.717) is 5.75 Å². The van der Waals surface area contributed by atoms with Gasteiger partial charge in [-0.1, -0.05) is 0 Å². The number of aryl methyl sites for hydroxylation is 1. The number of benzene rings is 1. The van der Waals surface area contributed by atoms with Gasteiger partial charge in [-0.05, 0) is 43.7 Å². The van der Waals surface area contributed by atoms with Crippen molar-refractivity contribution in [3.8, 4) is 5.75 Å². The summed E-state index contributed by atoms with van der Waals surface area (Å²) in [5.41, 5.74) is 4.73. The van der Waals surface area contributed by atoms with Gasteiger partial charge in [0.15, 0.2) is 6.10 Å². The van der Waals surface area contributed by atoms with Crippen molar-refractivity contribution >= 4 is 28.7 Å². The van der Waals surface area contributed by atoms with Crippen molar-refractivity contribution in [3.63, 3.8) is 0 Å². The van der Waals surface area contributed by atoms with Crippen molar-refractivity contribution in [1.29, 1.82) is 0 Å². The Bertz CT molecular complexity index is 652. The molecule has 1 atom stereocenters. The van der Waals surface area contributed by atoms with Crippen LogP contribution in [0.4, 0.5) is 5.13 Å². The van der Waals surface area contributed by atoms with E-state index >= 15 is 0 Å². The number of methoxy groups -OCH3 is 1. The van der Waals surface area contributed by atoms with Gasteiger partial charge in [-0.25, -0.2) is 9.78 Å². The molecule has 0 aliphatic rings. The van der Waals surface area contributed by atoms with E-state index in [1.165, 1.54) is 18.4 Å². The molecule has 0 fully saturated rings. The molecule has 22 heavy (non-hydrogen) atoms. The van der Waals surface area contributed by atoms with Gasteiger partial charge in [-0.3, -0.25) is 5.43 Å². The molecule has 1 aromatic carbocycles. The predicted molar refractivity (Wildman–Crippen MR) is 86.6 cm³/mol. The number of carbonyl (C=O) groups is 1. The Balaban J connectivity index is 1.90. The molecule has 0 saturated heterocycles. The number of nitrogens with one attached hydrogen (secondary N) is 1. The molecule has 1 unspecified atom stereocenters. The predicted octanol–water partition coefficient (Wildman–Crippen LogP) is 2.84. The van der Waals surface area contributed by atoms with Crippen LogP contribution in [0.5, 0.6) is 5.75 Å². The van der Waals surface area contributed by atoms with E-state index in [4.69, 9.17) is 4.74 Å². The number of aromatic nitrogens is 1. The highest BCUT2D eigenvalue weighted by atomic mass is 32.1. The van der Waals surface area contributed by atoms with Gasteiger partial charge in [-0.2, -0.15) is 5.10 Å². The second-order valence-corrected chi connectivity index (χ2v) is 5.37. The van der Waals surface area contributed by atoms with Crippen LogP contribution in [0.25, 0.3) is 0 Å². The first-order chi connectivity index (χ1) is 10.6. The zero-order chi connectivity index (χ0) is 15.9. The van der Waals surface area contributed by atoms with Crippen LogP contribution >= 0.6 is 11.3 Å². The summed E-state index contributed by atoms with van der Waals surface area (Å²) in [6.45, 7) is 3.57. The van der Waals surface area contributed by atoms with Gasteiger partial charge < -0.3 is 9.47 Å². The standard InChI is InChI=1S/C15H17N3O3S/c1-10-9-22-15(17-10)18-16-8-12-4-6-13(7-5-12)21-11(2)14(19)20-3/h4-9,11H,1-3H3,(H,17,18). The zero-order valence-electron chi connectivity index (χ0n) is 12.6. The first-order valence-corrected chi connectivity index (χ1v) is 7.52. The van der Waals surface area contributed by atoms with Crippen LogP contribution in [0.1, 0.15) is 18.2 Å². The molecule has 7 heteroatoms. The van der Waals surface area contributed by atoms with Crippen molar-refractivity contribution in [2.75, 3.05) is 12.5 Å². The Morgan fingerprint density at radius 2 is 2.14 bits per heavy atom. The minimum atomic E-state index is -0.640. The molecule has 0 bridgehead atoms. The van der Waals surface area contributed by atoms with E-state index in [9.17, 15) is 4.79 Å². The number of nitrogens with zero attached hydrogens (tertiary/aromatic N) is 2. The van der Waals surface area contributed by atoms with Crippen LogP contribution in [-0.4, -0.2) is 30.4 Å². The van der Waals surface area contributed by atoms with Crippen LogP contribution in [0.3, 0.4) is 0 Å². The fourth-order valence-electron chi connectivity index (χ4n) is 1.62. The number of anilines is 1. The average molecular weight is 319 g/mol. The van der Waals surface area contributed by atoms with Gasteiger partial charge in [0.2, 0.25) is 5.13 Å². The smallest absolute Gasteiger partial charge is 0.346 e. The van der Waals surface area contributed by atoms with Gasteiger partial charge in [0.05, 0.1) is 19.0 Å². The third-order valence-electron chi connectivity index (χ3n) is 2.72. The lowest BCUT2D eigenvalue weighted by Crippen LogP contribution is -2.24. The quantitative estimate of drug-likeness (QED) is 0.503. The maximum atomic E-state index is 11.3. The summed E-state index contributed by atoms with van der Waals surface area (Å²) in [6.07, 6.45) is 1.05. The maximum Gasteiger partial charge on any atom is 0.346 e. The van der Waals surface area contributed by atoms with Gasteiger partial charge in [0.1, 0.15) is 5.75 Å². The second kappa shape index (κ2) is 7.56. The molecular weight excluding hydrogens is 302 g/mol. The topological polar surface area (TPSA) is 72.8 Å². The Morgan fingerprint density at radius 3 is 2.73 bits per heavy atom. The van der Waals surface area contributed by atoms with E-state index in [2.05, 4.69) is 20.2 Å². The van der Waals surface area contributed by atoms with Gasteiger partial charge >= 0.3 is 5.97 Å². The molecule has 116 valence electrons. The minimum Gasteiger partial charge on any atom is -0.479 e. The summed E-state index contributed by atoms with van der Waals surface area (Å²) in [7, 11) is 1.33. The minimum absolute atomic E-state index is 0.409. The molecule has 6 nitrogen and oxygen atoms in total. The summed E-state index contributed by atoms with van der Waals surface area (Å²) in [5.74, 6) is 0.187. The molecule has 0 amide bonds. The van der Waals surface area contributed by atoms with Crippen molar-refractivity contribution in [3.05, 3.63) is 40.9 Å². The lowest BCUT2D eigenvalue weighted by molar-refractivity contribution is -0.147. The van der Waals surface area contributed by atoms with Crippen molar-refractivity contribution < 1.29 is 14.3 Å². The molecule has 0 spiro atoms. The molecule has 2 rings (SSSR count). The van der Waals surface area contributed by atoms with Gasteiger partial charge in [-0.15, -0.1) is 11.3 Å². The van der Waals surface area contributed by atoms with E-state index in [1.807, 2.05) is 24.4 Å². The average Bonchev–Trinajstić information content (AvgIpc) is 2.93. The lowest BCUT2D eigenvalue weighted by Gasteiger charge is -2.12. The van der Waals surface area contributed by atoms with Crippen molar-refractivity contribution in [1.82, 2.24) is 4.98 Å². The van der Waals surface area contributed by atoms with Crippen LogP contribution in [-0.2, 0) is 9.53 Å². The summed E-state index contributed by atoms with van der Waals surface area (Å²) >= 11 is 1.50. The Morgan fingerprint density at radius 1 is 1.41 bits per heavy atom. The number of hydrazone groups is 1. The maximum absolute atomic E-state index is 11.3. The van der Waals surface area contributed by atoms with Gasteiger partial charge in [0, 0.05) is 5.38 Å². The number of carbonyl (C=O) groups excluding carboxylic acids is 1. The summed E-state index contributed by atoms with van der Waals surface area (Å²) in [6, 6.07) is 7.23. The SMILES string of the molecule is COC(=O)C(C)Oc1ccc(C=NNc2nc(C)cs2)cc1. The summed E-state index contributed by atoms with van der Waals surface area (Å²) < 4.78 is 10.1. The third-order valence-corrected chi connectivity index (χ3v) is 3.58. The highest BCUT2D eigenvalue weighted by molar-refractivity contribution is 7.13.